The standard InChI is InChI=1S/C14H25N3O3/c18-12(19)14(6-2-3-7-14)16-13(20)15-8-11-17-9-4-1-5-10-17/h1-11H2,(H,18,19)(H2,15,16,20). The van der Waals surface area contributed by atoms with Crippen molar-refractivity contribution in [1.29, 1.82) is 0 Å². The molecular formula is C14H25N3O3. The van der Waals surface area contributed by atoms with Gasteiger partial charge in [0.05, 0.1) is 0 Å². The van der Waals surface area contributed by atoms with E-state index in [0.717, 1.165) is 32.5 Å². The van der Waals surface area contributed by atoms with Crippen LogP contribution in [0.2, 0.25) is 0 Å². The van der Waals surface area contributed by atoms with Crippen LogP contribution in [0.4, 0.5) is 4.79 Å². The molecule has 0 radical (unpaired) electrons. The van der Waals surface area contributed by atoms with Crippen molar-refractivity contribution in [2.45, 2.75) is 50.5 Å². The lowest BCUT2D eigenvalue weighted by atomic mass is 9.98. The average molecular weight is 283 g/mol. The van der Waals surface area contributed by atoms with Crippen molar-refractivity contribution in [1.82, 2.24) is 15.5 Å². The van der Waals surface area contributed by atoms with Gasteiger partial charge in [0, 0.05) is 13.1 Å². The first-order valence-electron chi connectivity index (χ1n) is 7.64. The molecule has 0 spiro atoms. The van der Waals surface area contributed by atoms with Gasteiger partial charge < -0.3 is 20.6 Å². The number of hydrogen-bond donors (Lipinski definition) is 3. The molecule has 0 atom stereocenters. The predicted molar refractivity (Wildman–Crippen MR) is 75.7 cm³/mol. The maximum atomic E-state index is 11.8. The van der Waals surface area contributed by atoms with Gasteiger partial charge >= 0.3 is 12.0 Å². The lowest BCUT2D eigenvalue weighted by Crippen LogP contribution is -2.56. The van der Waals surface area contributed by atoms with E-state index >= 15 is 0 Å². The van der Waals surface area contributed by atoms with Crippen molar-refractivity contribution in [3.8, 4) is 0 Å². The minimum absolute atomic E-state index is 0.355. The number of hydrogen-bond acceptors (Lipinski definition) is 3. The molecular weight excluding hydrogens is 258 g/mol. The normalized spacial score (nSPS) is 22.4. The summed E-state index contributed by atoms with van der Waals surface area (Å²) in [6, 6.07) is -0.355. The molecule has 2 rings (SSSR count). The molecule has 1 saturated carbocycles. The fraction of sp³-hybridized carbons (Fsp3) is 0.857. The highest BCUT2D eigenvalue weighted by Gasteiger charge is 2.42. The molecule has 2 aliphatic rings. The van der Waals surface area contributed by atoms with E-state index in [0.29, 0.717) is 19.4 Å². The number of piperidine rings is 1. The summed E-state index contributed by atoms with van der Waals surface area (Å²) in [6.07, 6.45) is 6.54. The Hall–Kier alpha value is -1.30. The van der Waals surface area contributed by atoms with E-state index in [2.05, 4.69) is 15.5 Å². The Morgan fingerprint density at radius 1 is 1.05 bits per heavy atom. The predicted octanol–water partition coefficient (Wildman–Crippen LogP) is 1.17. The topological polar surface area (TPSA) is 81.7 Å². The number of rotatable bonds is 5. The van der Waals surface area contributed by atoms with Gasteiger partial charge in [-0.05, 0) is 38.8 Å². The summed E-state index contributed by atoms with van der Waals surface area (Å²) in [6.45, 7) is 3.61. The summed E-state index contributed by atoms with van der Waals surface area (Å²) in [4.78, 5) is 25.5. The molecule has 6 heteroatoms. The summed E-state index contributed by atoms with van der Waals surface area (Å²) in [5, 5.41) is 14.7. The number of carbonyl (C=O) groups is 2. The number of nitrogens with zero attached hydrogens (tertiary/aromatic N) is 1. The minimum Gasteiger partial charge on any atom is -0.480 e. The van der Waals surface area contributed by atoms with E-state index in [9.17, 15) is 14.7 Å². The molecule has 1 aliphatic heterocycles. The van der Waals surface area contributed by atoms with Gasteiger partial charge in [-0.2, -0.15) is 0 Å². The first-order valence-corrected chi connectivity index (χ1v) is 7.64. The van der Waals surface area contributed by atoms with Crippen molar-refractivity contribution in [3.63, 3.8) is 0 Å². The van der Waals surface area contributed by atoms with Crippen LogP contribution in [0.5, 0.6) is 0 Å². The Morgan fingerprint density at radius 3 is 2.30 bits per heavy atom. The first kappa shape index (κ1) is 15.1. The van der Waals surface area contributed by atoms with E-state index in [1.807, 2.05) is 0 Å². The third-order valence-corrected chi connectivity index (χ3v) is 4.38. The Labute approximate surface area is 119 Å². The summed E-state index contributed by atoms with van der Waals surface area (Å²) >= 11 is 0. The SMILES string of the molecule is O=C(NCCN1CCCCC1)NC1(C(=O)O)CCCC1. The molecule has 0 aromatic heterocycles. The lowest BCUT2D eigenvalue weighted by Gasteiger charge is -2.28. The van der Waals surface area contributed by atoms with Crippen LogP contribution in [0.25, 0.3) is 0 Å². The van der Waals surface area contributed by atoms with Crippen LogP contribution in [-0.2, 0) is 4.79 Å². The molecule has 114 valence electrons. The Morgan fingerprint density at radius 2 is 1.70 bits per heavy atom. The lowest BCUT2D eigenvalue weighted by molar-refractivity contribution is -0.144. The van der Waals surface area contributed by atoms with Crippen LogP contribution in [0.1, 0.15) is 44.9 Å². The molecule has 0 aromatic carbocycles. The fourth-order valence-electron chi connectivity index (χ4n) is 3.14. The molecule has 6 nitrogen and oxygen atoms in total. The van der Waals surface area contributed by atoms with Gasteiger partial charge in [0.2, 0.25) is 0 Å². The summed E-state index contributed by atoms with van der Waals surface area (Å²) in [7, 11) is 0. The summed E-state index contributed by atoms with van der Waals surface area (Å²) in [5.74, 6) is -0.916. The average Bonchev–Trinajstić information content (AvgIpc) is 2.90. The molecule has 2 amide bonds. The second kappa shape index (κ2) is 6.92. The van der Waals surface area contributed by atoms with Gasteiger partial charge in [-0.1, -0.05) is 19.3 Å². The minimum atomic E-state index is -1.05. The number of nitrogens with one attached hydrogen (secondary N) is 2. The van der Waals surface area contributed by atoms with E-state index in [4.69, 9.17) is 0 Å². The van der Waals surface area contributed by atoms with Crippen LogP contribution in [-0.4, -0.2) is 53.7 Å². The zero-order valence-corrected chi connectivity index (χ0v) is 12.0. The summed E-state index contributed by atoms with van der Waals surface area (Å²) < 4.78 is 0. The van der Waals surface area contributed by atoms with Crippen LogP contribution in [0.3, 0.4) is 0 Å². The van der Waals surface area contributed by atoms with Crippen LogP contribution in [0, 0.1) is 0 Å². The second-order valence-electron chi connectivity index (χ2n) is 5.88. The van der Waals surface area contributed by atoms with Gasteiger partial charge in [-0.3, -0.25) is 0 Å². The van der Waals surface area contributed by atoms with Gasteiger partial charge in [0.15, 0.2) is 0 Å². The Kier molecular flexibility index (Phi) is 5.23. The number of aliphatic carboxylic acids is 1. The number of carboxylic acids is 1. The highest BCUT2D eigenvalue weighted by atomic mass is 16.4. The third-order valence-electron chi connectivity index (χ3n) is 4.38. The van der Waals surface area contributed by atoms with Crippen LogP contribution in [0.15, 0.2) is 0 Å². The largest absolute Gasteiger partial charge is 0.480 e. The highest BCUT2D eigenvalue weighted by Crippen LogP contribution is 2.29. The molecule has 20 heavy (non-hydrogen) atoms. The number of carbonyl (C=O) groups excluding carboxylic acids is 1. The maximum absolute atomic E-state index is 11.8. The van der Waals surface area contributed by atoms with Crippen molar-refractivity contribution in [2.75, 3.05) is 26.2 Å². The molecule has 0 aromatic rings. The van der Waals surface area contributed by atoms with Crippen molar-refractivity contribution in [3.05, 3.63) is 0 Å². The second-order valence-corrected chi connectivity index (χ2v) is 5.88. The quantitative estimate of drug-likeness (QED) is 0.707. The number of urea groups is 1. The van der Waals surface area contributed by atoms with E-state index < -0.39 is 11.5 Å². The third kappa shape index (κ3) is 3.85. The zero-order valence-electron chi connectivity index (χ0n) is 12.0. The molecule has 1 saturated heterocycles. The van der Waals surface area contributed by atoms with Crippen molar-refractivity contribution in [2.24, 2.45) is 0 Å². The van der Waals surface area contributed by atoms with E-state index in [1.54, 1.807) is 0 Å². The van der Waals surface area contributed by atoms with Gasteiger partial charge in [-0.15, -0.1) is 0 Å². The molecule has 3 N–H and O–H groups in total. The van der Waals surface area contributed by atoms with Crippen LogP contribution < -0.4 is 10.6 Å². The molecule has 0 bridgehead atoms. The van der Waals surface area contributed by atoms with E-state index in [1.165, 1.54) is 19.3 Å². The number of carboxylic acid groups (broad SMARTS) is 1. The highest BCUT2D eigenvalue weighted by molar-refractivity contribution is 5.86. The van der Waals surface area contributed by atoms with Crippen molar-refractivity contribution >= 4 is 12.0 Å². The molecule has 1 heterocycles. The fourth-order valence-corrected chi connectivity index (χ4v) is 3.14. The number of likely N-dealkylation sites (tertiary alicyclic amines) is 1. The molecule has 2 fully saturated rings. The summed E-state index contributed by atoms with van der Waals surface area (Å²) in [5.41, 5.74) is -1.05. The van der Waals surface area contributed by atoms with Gasteiger partial charge in [0.1, 0.15) is 5.54 Å². The Bertz CT molecular complexity index is 348. The first-order chi connectivity index (χ1) is 9.62. The number of amides is 2. The van der Waals surface area contributed by atoms with E-state index in [-0.39, 0.29) is 6.03 Å². The molecule has 0 unspecified atom stereocenters. The van der Waals surface area contributed by atoms with Gasteiger partial charge in [0.25, 0.3) is 0 Å². The monoisotopic (exact) mass is 283 g/mol. The maximum Gasteiger partial charge on any atom is 0.329 e. The van der Waals surface area contributed by atoms with Crippen LogP contribution >= 0.6 is 0 Å². The smallest absolute Gasteiger partial charge is 0.329 e. The Balaban J connectivity index is 1.70. The van der Waals surface area contributed by atoms with Crippen molar-refractivity contribution < 1.29 is 14.7 Å². The zero-order chi connectivity index (χ0) is 14.4. The van der Waals surface area contributed by atoms with Gasteiger partial charge in [-0.25, -0.2) is 9.59 Å². The molecule has 1 aliphatic carbocycles.